The number of carbonyl (C=O) groups is 1. The van der Waals surface area contributed by atoms with Crippen molar-refractivity contribution < 1.29 is 13.9 Å². The van der Waals surface area contributed by atoms with Gasteiger partial charge in [0.2, 0.25) is 5.88 Å². The molecule has 0 spiro atoms. The maximum Gasteiger partial charge on any atom is 0.257 e. The van der Waals surface area contributed by atoms with Gasteiger partial charge >= 0.3 is 0 Å². The number of carbonyl (C=O) groups excluding carboxylic acids is 1. The molecule has 0 aliphatic heterocycles. The van der Waals surface area contributed by atoms with Crippen molar-refractivity contribution in [2.24, 2.45) is 0 Å². The zero-order valence-electron chi connectivity index (χ0n) is 15.4. The van der Waals surface area contributed by atoms with E-state index in [9.17, 15) is 9.18 Å². The highest BCUT2D eigenvalue weighted by Gasteiger charge is 2.22. The van der Waals surface area contributed by atoms with Crippen LogP contribution < -0.4 is 10.1 Å². The van der Waals surface area contributed by atoms with E-state index in [4.69, 9.17) is 4.74 Å². The predicted octanol–water partition coefficient (Wildman–Crippen LogP) is 5.32. The summed E-state index contributed by atoms with van der Waals surface area (Å²) in [6.45, 7) is 2.09. The summed E-state index contributed by atoms with van der Waals surface area (Å²) in [6.07, 6.45) is 8.42. The molecule has 0 unspecified atom stereocenters. The highest BCUT2D eigenvalue weighted by molar-refractivity contribution is 9.10. The van der Waals surface area contributed by atoms with E-state index in [0.29, 0.717) is 11.4 Å². The summed E-state index contributed by atoms with van der Waals surface area (Å²) in [5.74, 6) is -0.145. The lowest BCUT2D eigenvalue weighted by Crippen LogP contribution is -2.35. The molecule has 3 rings (SSSR count). The van der Waals surface area contributed by atoms with E-state index in [1.807, 2.05) is 6.92 Å². The Morgan fingerprint density at radius 2 is 1.89 bits per heavy atom. The third kappa shape index (κ3) is 5.28. The third-order valence-electron chi connectivity index (χ3n) is 4.95. The van der Waals surface area contributed by atoms with E-state index < -0.39 is 0 Å². The molecule has 1 aliphatic carbocycles. The predicted molar refractivity (Wildman–Crippen MR) is 106 cm³/mol. The van der Waals surface area contributed by atoms with E-state index in [1.54, 1.807) is 18.3 Å². The molecule has 0 bridgehead atoms. The van der Waals surface area contributed by atoms with Crippen LogP contribution in [0.15, 0.2) is 34.9 Å². The van der Waals surface area contributed by atoms with Gasteiger partial charge in [0.15, 0.2) is 0 Å². The summed E-state index contributed by atoms with van der Waals surface area (Å²) < 4.78 is 19.6. The molecule has 1 aliphatic rings. The van der Waals surface area contributed by atoms with Gasteiger partial charge in [0, 0.05) is 16.7 Å². The Kier molecular flexibility index (Phi) is 6.83. The number of rotatable bonds is 5. The monoisotopic (exact) mass is 434 g/mol. The average Bonchev–Trinajstić information content (AvgIpc) is 2.92. The molecule has 2 aromatic rings. The molecule has 1 fully saturated rings. The number of hydrogen-bond donors (Lipinski definition) is 1. The number of amides is 1. The van der Waals surface area contributed by atoms with E-state index in [2.05, 4.69) is 26.2 Å². The van der Waals surface area contributed by atoms with Gasteiger partial charge in [-0.2, -0.15) is 0 Å². The van der Waals surface area contributed by atoms with Crippen molar-refractivity contribution in [2.75, 3.05) is 0 Å². The molecule has 4 nitrogen and oxygen atoms in total. The van der Waals surface area contributed by atoms with E-state index >= 15 is 0 Å². The number of nitrogens with one attached hydrogen (secondary N) is 1. The minimum absolute atomic E-state index is 0.151. The van der Waals surface area contributed by atoms with Crippen LogP contribution in [-0.4, -0.2) is 16.9 Å². The Bertz CT molecular complexity index is 788. The molecule has 144 valence electrons. The summed E-state index contributed by atoms with van der Waals surface area (Å²) in [5.41, 5.74) is 2.06. The molecule has 0 saturated heterocycles. The number of benzene rings is 1. The molecule has 6 heteroatoms. The van der Waals surface area contributed by atoms with Crippen LogP contribution in [0, 0.1) is 12.7 Å². The Hall–Kier alpha value is -1.95. The van der Waals surface area contributed by atoms with Gasteiger partial charge in [-0.25, -0.2) is 9.37 Å². The van der Waals surface area contributed by atoms with Gasteiger partial charge in [0.25, 0.3) is 5.91 Å². The molecule has 1 saturated carbocycles. The first-order valence-corrected chi connectivity index (χ1v) is 10.2. The zero-order valence-corrected chi connectivity index (χ0v) is 17.0. The Balaban J connectivity index is 1.76. The second kappa shape index (κ2) is 9.31. The molecule has 1 amide bonds. The quantitative estimate of drug-likeness (QED) is 0.647. The van der Waals surface area contributed by atoms with Crippen LogP contribution in [0.5, 0.6) is 5.88 Å². The van der Waals surface area contributed by atoms with E-state index in [1.165, 1.54) is 25.0 Å². The van der Waals surface area contributed by atoms with Gasteiger partial charge in [-0.05, 0) is 59.0 Å². The SMILES string of the molecule is Cc1c(Br)cnc(OCc2ccc(F)cc2)c1C(=O)NC1CCCCCC1. The Morgan fingerprint density at radius 1 is 1.22 bits per heavy atom. The molecular weight excluding hydrogens is 411 g/mol. The van der Waals surface area contributed by atoms with Gasteiger partial charge < -0.3 is 10.1 Å². The third-order valence-corrected chi connectivity index (χ3v) is 5.75. The summed E-state index contributed by atoms with van der Waals surface area (Å²) in [6, 6.07) is 6.29. The van der Waals surface area contributed by atoms with Crippen molar-refractivity contribution in [2.45, 2.75) is 58.1 Å². The van der Waals surface area contributed by atoms with Crippen molar-refractivity contribution in [1.82, 2.24) is 10.3 Å². The van der Waals surface area contributed by atoms with Crippen LogP contribution in [-0.2, 0) is 6.61 Å². The van der Waals surface area contributed by atoms with Crippen molar-refractivity contribution in [3.63, 3.8) is 0 Å². The topological polar surface area (TPSA) is 51.2 Å². The number of aromatic nitrogens is 1. The lowest BCUT2D eigenvalue weighted by molar-refractivity contribution is 0.0927. The first-order valence-electron chi connectivity index (χ1n) is 9.38. The second-order valence-corrected chi connectivity index (χ2v) is 7.84. The molecule has 0 radical (unpaired) electrons. The van der Waals surface area contributed by atoms with Crippen LogP contribution in [0.3, 0.4) is 0 Å². The first-order chi connectivity index (χ1) is 13.0. The summed E-state index contributed by atoms with van der Waals surface area (Å²) in [5, 5.41) is 3.16. The highest BCUT2D eigenvalue weighted by atomic mass is 79.9. The van der Waals surface area contributed by atoms with Crippen LogP contribution in [0.1, 0.15) is 60.0 Å². The summed E-state index contributed by atoms with van der Waals surface area (Å²) in [4.78, 5) is 17.3. The Morgan fingerprint density at radius 3 is 2.56 bits per heavy atom. The highest BCUT2D eigenvalue weighted by Crippen LogP contribution is 2.27. The zero-order chi connectivity index (χ0) is 19.2. The number of nitrogens with zero attached hydrogens (tertiary/aromatic N) is 1. The van der Waals surface area contributed by atoms with Crippen molar-refractivity contribution in [3.05, 3.63) is 57.4 Å². The van der Waals surface area contributed by atoms with Gasteiger partial charge in [-0.1, -0.05) is 37.8 Å². The van der Waals surface area contributed by atoms with Crippen LogP contribution >= 0.6 is 15.9 Å². The molecule has 1 aromatic carbocycles. The van der Waals surface area contributed by atoms with Gasteiger partial charge in [0.05, 0.1) is 0 Å². The van der Waals surface area contributed by atoms with Crippen LogP contribution in [0.2, 0.25) is 0 Å². The first kappa shape index (κ1) is 19.8. The maximum absolute atomic E-state index is 13.1. The molecule has 27 heavy (non-hydrogen) atoms. The minimum Gasteiger partial charge on any atom is -0.472 e. The lowest BCUT2D eigenvalue weighted by Gasteiger charge is -2.19. The normalized spacial score (nSPS) is 15.2. The second-order valence-electron chi connectivity index (χ2n) is 6.99. The van der Waals surface area contributed by atoms with Gasteiger partial charge in [-0.3, -0.25) is 4.79 Å². The molecule has 1 heterocycles. The molecule has 0 atom stereocenters. The fourth-order valence-electron chi connectivity index (χ4n) is 3.35. The fraction of sp³-hybridized carbons (Fsp3) is 0.429. The maximum atomic E-state index is 13.1. The van der Waals surface area contributed by atoms with Crippen molar-refractivity contribution >= 4 is 21.8 Å². The number of pyridine rings is 1. The van der Waals surface area contributed by atoms with Gasteiger partial charge in [0.1, 0.15) is 18.0 Å². The summed E-state index contributed by atoms with van der Waals surface area (Å²) >= 11 is 3.45. The fourth-order valence-corrected chi connectivity index (χ4v) is 3.65. The molecule has 1 N–H and O–H groups in total. The summed E-state index contributed by atoms with van der Waals surface area (Å²) in [7, 11) is 0. The van der Waals surface area contributed by atoms with E-state index in [0.717, 1.165) is 41.3 Å². The number of halogens is 2. The largest absolute Gasteiger partial charge is 0.472 e. The minimum atomic E-state index is -0.292. The lowest BCUT2D eigenvalue weighted by atomic mass is 10.1. The Labute approximate surface area is 167 Å². The van der Waals surface area contributed by atoms with Crippen LogP contribution in [0.4, 0.5) is 4.39 Å². The molecule has 1 aromatic heterocycles. The van der Waals surface area contributed by atoms with Crippen molar-refractivity contribution in [1.29, 1.82) is 0 Å². The van der Waals surface area contributed by atoms with Crippen LogP contribution in [0.25, 0.3) is 0 Å². The van der Waals surface area contributed by atoms with E-state index in [-0.39, 0.29) is 24.4 Å². The average molecular weight is 435 g/mol. The molecular formula is C21H24BrFN2O2. The number of hydrogen-bond acceptors (Lipinski definition) is 3. The van der Waals surface area contributed by atoms with Crippen molar-refractivity contribution in [3.8, 4) is 5.88 Å². The number of ether oxygens (including phenoxy) is 1. The standard InChI is InChI=1S/C21H24BrFN2O2/c1-14-18(22)12-24-21(27-13-15-8-10-16(23)11-9-15)19(14)20(26)25-17-6-4-2-3-5-7-17/h8-12,17H,2-7,13H2,1H3,(H,25,26). The van der Waals surface area contributed by atoms with Gasteiger partial charge in [-0.15, -0.1) is 0 Å². The smallest absolute Gasteiger partial charge is 0.257 e.